The second-order valence-corrected chi connectivity index (χ2v) is 7.51. The molecule has 8 heteroatoms. The minimum Gasteiger partial charge on any atom is -0.496 e. The number of methoxy groups -OCH3 is 1. The Kier molecular flexibility index (Phi) is 7.85. The van der Waals surface area contributed by atoms with Crippen molar-refractivity contribution in [2.24, 2.45) is 0 Å². The summed E-state index contributed by atoms with van der Waals surface area (Å²) < 4.78 is 10.6. The zero-order valence-electron chi connectivity index (χ0n) is 17.4. The van der Waals surface area contributed by atoms with Crippen LogP contribution in [0, 0.1) is 0 Å². The van der Waals surface area contributed by atoms with Crippen molar-refractivity contribution in [1.82, 2.24) is 20.0 Å². The molecule has 2 aliphatic heterocycles. The molecule has 2 aliphatic rings. The monoisotopic (exact) mass is 404 g/mol. The number of carbonyl (C=O) groups excluding carboxylic acids is 2. The number of hydrogen-bond donors (Lipinski definition) is 1. The molecule has 0 bridgehead atoms. The summed E-state index contributed by atoms with van der Waals surface area (Å²) in [7, 11) is 1.63. The van der Waals surface area contributed by atoms with Crippen molar-refractivity contribution in [3.63, 3.8) is 0 Å². The molecule has 2 fully saturated rings. The minimum atomic E-state index is -0.207. The molecule has 8 nitrogen and oxygen atoms in total. The van der Waals surface area contributed by atoms with E-state index in [4.69, 9.17) is 9.47 Å². The topological polar surface area (TPSA) is 74.4 Å². The molecule has 1 aromatic carbocycles. The fraction of sp³-hybridized carbons (Fsp3) is 0.619. The van der Waals surface area contributed by atoms with Crippen molar-refractivity contribution in [2.45, 2.75) is 19.5 Å². The fourth-order valence-corrected chi connectivity index (χ4v) is 3.76. The molecule has 29 heavy (non-hydrogen) atoms. The maximum absolute atomic E-state index is 12.6. The first kappa shape index (κ1) is 21.5. The number of amides is 2. The Labute approximate surface area is 172 Å². The van der Waals surface area contributed by atoms with Gasteiger partial charge in [0.1, 0.15) is 5.75 Å². The molecule has 2 heterocycles. The standard InChI is InChI=1S/C21H32N4O4/c1-17(21(27)22-15-18-5-3-4-6-19(18)28-2)24-9-7-23(8-10-24)16-20(26)25-11-13-29-14-12-25/h3-6,17H,7-16H2,1-2H3,(H,22,27)/t17-/m1/s1. The molecule has 0 radical (unpaired) electrons. The van der Waals surface area contributed by atoms with Gasteiger partial charge in [0.2, 0.25) is 11.8 Å². The Morgan fingerprint density at radius 2 is 1.79 bits per heavy atom. The Balaban J connectivity index is 1.41. The normalized spacial score (nSPS) is 19.6. The summed E-state index contributed by atoms with van der Waals surface area (Å²) in [5, 5.41) is 3.01. The largest absolute Gasteiger partial charge is 0.496 e. The first-order chi connectivity index (χ1) is 14.1. The van der Waals surface area contributed by atoms with Crippen molar-refractivity contribution in [1.29, 1.82) is 0 Å². The maximum atomic E-state index is 12.6. The van der Waals surface area contributed by atoms with Crippen LogP contribution >= 0.6 is 0 Å². The van der Waals surface area contributed by atoms with Gasteiger partial charge in [0.05, 0.1) is 32.9 Å². The molecule has 160 valence electrons. The van der Waals surface area contributed by atoms with Crippen molar-refractivity contribution < 1.29 is 19.1 Å². The molecule has 3 rings (SSSR count). The third kappa shape index (κ3) is 5.91. The number of nitrogens with one attached hydrogen (secondary N) is 1. The summed E-state index contributed by atoms with van der Waals surface area (Å²) in [5.41, 5.74) is 0.960. The zero-order chi connectivity index (χ0) is 20.6. The van der Waals surface area contributed by atoms with E-state index in [0.717, 1.165) is 37.5 Å². The van der Waals surface area contributed by atoms with E-state index in [1.165, 1.54) is 0 Å². The molecule has 1 atom stereocenters. The van der Waals surface area contributed by atoms with Crippen molar-refractivity contribution in [2.75, 3.05) is 66.1 Å². The molecule has 1 aromatic rings. The second kappa shape index (κ2) is 10.6. The molecule has 2 amide bonds. The summed E-state index contributed by atoms with van der Waals surface area (Å²) in [4.78, 5) is 31.2. The highest BCUT2D eigenvalue weighted by Gasteiger charge is 2.27. The number of hydrogen-bond acceptors (Lipinski definition) is 6. The summed E-state index contributed by atoms with van der Waals surface area (Å²) in [6, 6.07) is 7.49. The number of piperazine rings is 1. The maximum Gasteiger partial charge on any atom is 0.237 e. The number of benzene rings is 1. The molecule has 0 unspecified atom stereocenters. The van der Waals surface area contributed by atoms with Crippen LogP contribution in [0.2, 0.25) is 0 Å². The van der Waals surface area contributed by atoms with Crippen molar-refractivity contribution in [3.8, 4) is 5.75 Å². The molecule has 0 aromatic heterocycles. The summed E-state index contributed by atoms with van der Waals surface area (Å²) in [6.07, 6.45) is 0. The van der Waals surface area contributed by atoms with Gasteiger partial charge < -0.3 is 19.7 Å². The average Bonchev–Trinajstić information content (AvgIpc) is 2.78. The lowest BCUT2D eigenvalue weighted by atomic mass is 10.1. The Bertz CT molecular complexity index is 685. The van der Waals surface area contributed by atoms with Gasteiger partial charge in [0.15, 0.2) is 0 Å². The van der Waals surface area contributed by atoms with Gasteiger partial charge in [-0.25, -0.2) is 0 Å². The zero-order valence-corrected chi connectivity index (χ0v) is 17.4. The number of ether oxygens (including phenoxy) is 2. The summed E-state index contributed by atoms with van der Waals surface area (Å²) >= 11 is 0. The lowest BCUT2D eigenvalue weighted by molar-refractivity contribution is -0.137. The Morgan fingerprint density at radius 1 is 1.10 bits per heavy atom. The summed E-state index contributed by atoms with van der Waals surface area (Å²) in [6.45, 7) is 8.58. The smallest absolute Gasteiger partial charge is 0.237 e. The predicted octanol–water partition coefficient (Wildman–Crippen LogP) is 0.176. The molecule has 0 spiro atoms. The SMILES string of the molecule is COc1ccccc1CNC(=O)[C@@H](C)N1CCN(CC(=O)N2CCOCC2)CC1. The predicted molar refractivity (Wildman–Crippen MR) is 110 cm³/mol. The molecular weight excluding hydrogens is 372 g/mol. The van der Waals surface area contributed by atoms with Crippen molar-refractivity contribution in [3.05, 3.63) is 29.8 Å². The number of rotatable bonds is 7. The van der Waals surface area contributed by atoms with Crippen LogP contribution in [0.15, 0.2) is 24.3 Å². The average molecular weight is 405 g/mol. The number of morpholine rings is 1. The van der Waals surface area contributed by atoms with Crippen LogP contribution in [0.1, 0.15) is 12.5 Å². The van der Waals surface area contributed by atoms with E-state index in [9.17, 15) is 9.59 Å². The molecule has 1 N–H and O–H groups in total. The highest BCUT2D eigenvalue weighted by Crippen LogP contribution is 2.17. The van der Waals surface area contributed by atoms with Crippen LogP contribution in [-0.2, 0) is 20.9 Å². The highest BCUT2D eigenvalue weighted by molar-refractivity contribution is 5.81. The van der Waals surface area contributed by atoms with Crippen LogP contribution < -0.4 is 10.1 Å². The highest BCUT2D eigenvalue weighted by atomic mass is 16.5. The summed E-state index contributed by atoms with van der Waals surface area (Å²) in [5.74, 6) is 0.956. The van der Waals surface area contributed by atoms with Gasteiger partial charge in [-0.15, -0.1) is 0 Å². The van der Waals surface area contributed by atoms with E-state index >= 15 is 0 Å². The number of carbonyl (C=O) groups is 2. The van der Waals surface area contributed by atoms with Gasteiger partial charge in [-0.1, -0.05) is 18.2 Å². The van der Waals surface area contributed by atoms with Gasteiger partial charge in [-0.2, -0.15) is 0 Å². The molecule has 2 saturated heterocycles. The van der Waals surface area contributed by atoms with Crippen LogP contribution in [0.5, 0.6) is 5.75 Å². The van der Waals surface area contributed by atoms with E-state index in [-0.39, 0.29) is 17.9 Å². The van der Waals surface area contributed by atoms with Gasteiger partial charge >= 0.3 is 0 Å². The van der Waals surface area contributed by atoms with E-state index in [2.05, 4.69) is 15.1 Å². The third-order valence-electron chi connectivity index (χ3n) is 5.70. The molecule has 0 aliphatic carbocycles. The van der Waals surface area contributed by atoms with E-state index in [1.807, 2.05) is 36.1 Å². The molecular formula is C21H32N4O4. The van der Waals surface area contributed by atoms with Crippen molar-refractivity contribution >= 4 is 11.8 Å². The van der Waals surface area contributed by atoms with Gasteiger partial charge in [-0.05, 0) is 13.0 Å². The Morgan fingerprint density at radius 3 is 2.48 bits per heavy atom. The number of para-hydroxylation sites is 1. The van der Waals surface area contributed by atoms with Crippen LogP contribution in [0.25, 0.3) is 0 Å². The van der Waals surface area contributed by atoms with Gasteiger partial charge in [-0.3, -0.25) is 19.4 Å². The quantitative estimate of drug-likeness (QED) is 0.699. The first-order valence-electron chi connectivity index (χ1n) is 10.3. The van der Waals surface area contributed by atoms with E-state index < -0.39 is 0 Å². The lowest BCUT2D eigenvalue weighted by Gasteiger charge is -2.38. The van der Waals surface area contributed by atoms with Crippen LogP contribution in [0.3, 0.4) is 0 Å². The van der Waals surface area contributed by atoms with E-state index in [0.29, 0.717) is 39.4 Å². The number of nitrogens with zero attached hydrogens (tertiary/aromatic N) is 3. The third-order valence-corrected chi connectivity index (χ3v) is 5.70. The van der Waals surface area contributed by atoms with Gasteiger partial charge in [0.25, 0.3) is 0 Å². The molecule has 0 saturated carbocycles. The van der Waals surface area contributed by atoms with Crippen LogP contribution in [-0.4, -0.2) is 98.7 Å². The van der Waals surface area contributed by atoms with Gasteiger partial charge in [0, 0.05) is 51.4 Å². The minimum absolute atomic E-state index is 0.00810. The first-order valence-corrected chi connectivity index (χ1v) is 10.3. The second-order valence-electron chi connectivity index (χ2n) is 7.51. The Hall–Kier alpha value is -2.16. The van der Waals surface area contributed by atoms with Crippen LogP contribution in [0.4, 0.5) is 0 Å². The fourth-order valence-electron chi connectivity index (χ4n) is 3.76. The van der Waals surface area contributed by atoms with E-state index in [1.54, 1.807) is 7.11 Å². The lowest BCUT2D eigenvalue weighted by Crippen LogP contribution is -2.55.